The van der Waals surface area contributed by atoms with Gasteiger partial charge >= 0.3 is 0 Å². The predicted octanol–water partition coefficient (Wildman–Crippen LogP) is 5.52. The average molecular weight is 459 g/mol. The molecule has 1 aliphatic heterocycles. The van der Waals surface area contributed by atoms with Crippen LogP contribution in [0.15, 0.2) is 58.9 Å². The Hall–Kier alpha value is -2.71. The van der Waals surface area contributed by atoms with Gasteiger partial charge in [-0.05, 0) is 48.2 Å². The molecule has 2 heterocycles. The van der Waals surface area contributed by atoms with Gasteiger partial charge in [-0.2, -0.15) is 4.98 Å². The molecule has 1 unspecified atom stereocenters. The molecule has 1 atom stereocenters. The minimum absolute atomic E-state index is 0.0662. The number of carbonyl (C=O) groups is 1. The lowest BCUT2D eigenvalue weighted by Crippen LogP contribution is -2.31. The van der Waals surface area contributed by atoms with E-state index in [1.54, 1.807) is 22.9 Å². The molecule has 2 aliphatic rings. The lowest BCUT2D eigenvalue weighted by molar-refractivity contribution is -0.116. The first-order chi connectivity index (χ1) is 15.0. The highest BCUT2D eigenvalue weighted by molar-refractivity contribution is 7.98. The molecular weight excluding hydrogens is 442 g/mol. The summed E-state index contributed by atoms with van der Waals surface area (Å²) in [6, 6.07) is 9.93. The Kier molecular flexibility index (Phi) is 5.27. The molecule has 0 saturated carbocycles. The van der Waals surface area contributed by atoms with E-state index in [1.807, 2.05) is 0 Å². The zero-order valence-electron chi connectivity index (χ0n) is 16.2. The van der Waals surface area contributed by atoms with Crippen LogP contribution in [0.2, 0.25) is 5.02 Å². The van der Waals surface area contributed by atoms with Crippen molar-refractivity contribution in [1.82, 2.24) is 14.8 Å². The maximum absolute atomic E-state index is 13.5. The molecule has 0 saturated heterocycles. The van der Waals surface area contributed by atoms with Crippen molar-refractivity contribution in [3.8, 4) is 0 Å². The van der Waals surface area contributed by atoms with Gasteiger partial charge in [-0.25, -0.2) is 13.5 Å². The largest absolute Gasteiger partial charge is 0.328 e. The topological polar surface area (TPSA) is 59.8 Å². The summed E-state index contributed by atoms with van der Waals surface area (Å²) in [5, 5.41) is 8.74. The number of hydrogen-bond acceptors (Lipinski definition) is 5. The van der Waals surface area contributed by atoms with Crippen molar-refractivity contribution >= 4 is 35.1 Å². The lowest BCUT2D eigenvalue weighted by Gasteiger charge is -2.32. The summed E-state index contributed by atoms with van der Waals surface area (Å²) < 4.78 is 28.5. The number of ketones is 1. The van der Waals surface area contributed by atoms with E-state index in [2.05, 4.69) is 15.4 Å². The van der Waals surface area contributed by atoms with Crippen LogP contribution < -0.4 is 5.32 Å². The maximum atomic E-state index is 13.5. The molecule has 0 fully saturated rings. The number of aromatic nitrogens is 3. The number of nitrogens with one attached hydrogen (secondary N) is 1. The van der Waals surface area contributed by atoms with Gasteiger partial charge in [0.1, 0.15) is 17.7 Å². The molecule has 0 bridgehead atoms. The average Bonchev–Trinajstić information content (AvgIpc) is 3.15. The molecule has 1 aliphatic carbocycles. The van der Waals surface area contributed by atoms with Crippen LogP contribution in [-0.2, 0) is 10.5 Å². The van der Waals surface area contributed by atoms with Gasteiger partial charge < -0.3 is 5.32 Å². The van der Waals surface area contributed by atoms with Crippen molar-refractivity contribution in [3.05, 3.63) is 81.5 Å². The Labute approximate surface area is 186 Å². The van der Waals surface area contributed by atoms with Gasteiger partial charge in [0.15, 0.2) is 5.78 Å². The number of Topliss-reactive ketones (excluding diaryl/α,β-unsaturated/α-hetero) is 1. The fourth-order valence-corrected chi connectivity index (χ4v) is 5.08. The highest BCUT2D eigenvalue weighted by Crippen LogP contribution is 2.40. The molecule has 5 rings (SSSR count). The van der Waals surface area contributed by atoms with Crippen LogP contribution in [0.5, 0.6) is 0 Å². The van der Waals surface area contributed by atoms with Crippen LogP contribution in [0.3, 0.4) is 0 Å². The van der Waals surface area contributed by atoms with E-state index < -0.39 is 6.04 Å². The molecule has 5 nitrogen and oxygen atoms in total. The lowest BCUT2D eigenvalue weighted by atomic mass is 9.85. The van der Waals surface area contributed by atoms with Gasteiger partial charge in [0.2, 0.25) is 11.1 Å². The monoisotopic (exact) mass is 458 g/mol. The van der Waals surface area contributed by atoms with E-state index in [0.717, 1.165) is 29.7 Å². The quantitative estimate of drug-likeness (QED) is 0.521. The Morgan fingerprint density at radius 2 is 1.90 bits per heavy atom. The van der Waals surface area contributed by atoms with E-state index in [9.17, 15) is 13.6 Å². The van der Waals surface area contributed by atoms with Gasteiger partial charge in [-0.15, -0.1) is 5.10 Å². The first-order valence-electron chi connectivity index (χ1n) is 9.81. The van der Waals surface area contributed by atoms with Crippen molar-refractivity contribution in [2.75, 3.05) is 5.32 Å². The van der Waals surface area contributed by atoms with Gasteiger partial charge in [-0.1, -0.05) is 41.6 Å². The second kappa shape index (κ2) is 8.09. The van der Waals surface area contributed by atoms with Gasteiger partial charge in [0.25, 0.3) is 0 Å². The van der Waals surface area contributed by atoms with E-state index in [4.69, 9.17) is 11.6 Å². The first kappa shape index (κ1) is 20.2. The summed E-state index contributed by atoms with van der Waals surface area (Å²) >= 11 is 7.49. The molecule has 158 valence electrons. The van der Waals surface area contributed by atoms with Gasteiger partial charge in [0, 0.05) is 28.5 Å². The second-order valence-electron chi connectivity index (χ2n) is 7.44. The normalized spacial score (nSPS) is 17.9. The highest BCUT2D eigenvalue weighted by Gasteiger charge is 2.36. The Balaban J connectivity index is 1.49. The molecule has 2 aromatic carbocycles. The third-order valence-corrected chi connectivity index (χ3v) is 6.64. The molecule has 3 aromatic rings. The van der Waals surface area contributed by atoms with Crippen molar-refractivity contribution in [2.45, 2.75) is 36.2 Å². The summed E-state index contributed by atoms with van der Waals surface area (Å²) in [7, 11) is 0. The number of fused-ring (bicyclic) bond motifs is 1. The Morgan fingerprint density at radius 3 is 2.68 bits per heavy atom. The van der Waals surface area contributed by atoms with Crippen LogP contribution in [0, 0.1) is 11.6 Å². The number of carbonyl (C=O) groups excluding carboxylic acids is 1. The molecule has 1 aromatic heterocycles. The summed E-state index contributed by atoms with van der Waals surface area (Å²) in [5.41, 5.74) is 3.06. The summed E-state index contributed by atoms with van der Waals surface area (Å²) in [4.78, 5) is 17.4. The number of hydrogen-bond donors (Lipinski definition) is 1. The van der Waals surface area contributed by atoms with Gasteiger partial charge in [0.05, 0.1) is 0 Å². The van der Waals surface area contributed by atoms with Crippen molar-refractivity contribution in [1.29, 1.82) is 0 Å². The minimum atomic E-state index is -0.462. The maximum Gasteiger partial charge on any atom is 0.227 e. The van der Waals surface area contributed by atoms with Crippen LogP contribution >= 0.6 is 23.4 Å². The second-order valence-corrected chi connectivity index (χ2v) is 8.78. The first-order valence-corrected chi connectivity index (χ1v) is 11.2. The summed E-state index contributed by atoms with van der Waals surface area (Å²) in [6.45, 7) is 0. The van der Waals surface area contributed by atoms with Crippen LogP contribution in [0.1, 0.15) is 36.4 Å². The van der Waals surface area contributed by atoms with Crippen molar-refractivity contribution in [2.24, 2.45) is 0 Å². The molecule has 0 amide bonds. The molecule has 0 spiro atoms. The summed E-state index contributed by atoms with van der Waals surface area (Å²) in [5.74, 6) is 0.345. The highest BCUT2D eigenvalue weighted by atomic mass is 35.5. The third kappa shape index (κ3) is 3.85. The number of thioether (sulfide) groups is 1. The van der Waals surface area contributed by atoms with Gasteiger partial charge in [-0.3, -0.25) is 4.79 Å². The molecule has 9 heteroatoms. The van der Waals surface area contributed by atoms with E-state index >= 15 is 0 Å². The van der Waals surface area contributed by atoms with E-state index in [-0.39, 0.29) is 17.4 Å². The standard InChI is InChI=1S/C22H17ClF2N4OS/c23-16-10-15(25)9-6-13(16)11-31-22-27-21-26-17-2-1-3-18(30)19(17)20(29(21)28-22)12-4-7-14(24)8-5-12/h4-10,20H,1-3,11H2,(H,26,27,28). The smallest absolute Gasteiger partial charge is 0.227 e. The fraction of sp³-hybridized carbons (Fsp3) is 0.227. The number of rotatable bonds is 4. The third-order valence-electron chi connectivity index (χ3n) is 5.41. The Bertz CT molecular complexity index is 1210. The molecule has 31 heavy (non-hydrogen) atoms. The minimum Gasteiger partial charge on any atom is -0.328 e. The Morgan fingerprint density at radius 1 is 1.13 bits per heavy atom. The fourth-order valence-electron chi connectivity index (χ4n) is 3.93. The predicted molar refractivity (Wildman–Crippen MR) is 115 cm³/mol. The SMILES string of the molecule is O=C1CCCC2=C1C(c1ccc(F)cc1)n1nc(SCc3ccc(F)cc3Cl)nc1N2. The van der Waals surface area contributed by atoms with Crippen LogP contribution in [0.25, 0.3) is 0 Å². The molecule has 0 radical (unpaired) electrons. The summed E-state index contributed by atoms with van der Waals surface area (Å²) in [6.07, 6.45) is 2.01. The number of nitrogens with zero attached hydrogens (tertiary/aromatic N) is 3. The van der Waals surface area contributed by atoms with E-state index in [1.165, 1.54) is 36.0 Å². The zero-order valence-corrected chi connectivity index (χ0v) is 17.8. The number of anilines is 1. The van der Waals surface area contributed by atoms with Crippen LogP contribution in [-0.4, -0.2) is 20.5 Å². The van der Waals surface area contributed by atoms with Crippen molar-refractivity contribution < 1.29 is 13.6 Å². The zero-order chi connectivity index (χ0) is 21.5. The molecule has 1 N–H and O–H groups in total. The van der Waals surface area contributed by atoms with Crippen LogP contribution in [0.4, 0.5) is 14.7 Å². The number of halogens is 3. The number of benzene rings is 2. The van der Waals surface area contributed by atoms with E-state index in [0.29, 0.717) is 33.9 Å². The van der Waals surface area contributed by atoms with Crippen molar-refractivity contribution in [3.63, 3.8) is 0 Å². The number of allylic oxidation sites excluding steroid dienone is 2. The molecular formula is C22H17ClF2N4OS.